The van der Waals surface area contributed by atoms with Crippen LogP contribution in [0.15, 0.2) is 18.2 Å². The van der Waals surface area contributed by atoms with Crippen LogP contribution in [0.4, 0.5) is 5.69 Å². The average Bonchev–Trinajstić information content (AvgIpc) is 2.03. The summed E-state index contributed by atoms with van der Waals surface area (Å²) >= 11 is 0. The number of hydrogen-bond acceptors (Lipinski definition) is 2. The number of methoxy groups -OCH3 is 1. The highest BCUT2D eigenvalue weighted by Crippen LogP contribution is 2.21. The Labute approximate surface area is 79.9 Å². The van der Waals surface area contributed by atoms with E-state index in [4.69, 9.17) is 4.74 Å². The summed E-state index contributed by atoms with van der Waals surface area (Å²) in [7, 11) is 1.69. The van der Waals surface area contributed by atoms with Gasteiger partial charge in [-0.1, -0.05) is 0 Å². The Morgan fingerprint density at radius 1 is 1.31 bits per heavy atom. The molecule has 2 heteroatoms. The van der Waals surface area contributed by atoms with Gasteiger partial charge in [0.05, 0.1) is 7.11 Å². The van der Waals surface area contributed by atoms with E-state index in [1.54, 1.807) is 7.11 Å². The van der Waals surface area contributed by atoms with Gasteiger partial charge in [0, 0.05) is 11.7 Å². The maximum Gasteiger partial charge on any atom is 0.121 e. The van der Waals surface area contributed by atoms with E-state index in [2.05, 4.69) is 25.2 Å². The minimum absolute atomic E-state index is 0.466. The van der Waals surface area contributed by atoms with Gasteiger partial charge in [0.15, 0.2) is 0 Å². The molecule has 0 radical (unpaired) electrons. The Balaban J connectivity index is 2.83. The molecule has 0 unspecified atom stereocenters. The summed E-state index contributed by atoms with van der Waals surface area (Å²) in [5.74, 6) is 0.939. The van der Waals surface area contributed by atoms with Crippen LogP contribution in [0.2, 0.25) is 0 Å². The van der Waals surface area contributed by atoms with E-state index in [1.807, 2.05) is 19.1 Å². The van der Waals surface area contributed by atoms with Crippen LogP contribution in [0.1, 0.15) is 19.4 Å². The van der Waals surface area contributed by atoms with E-state index >= 15 is 0 Å². The standard InChI is InChI=1S/C11H17NO/c1-8(2)12-10-5-6-11(13-4)9(3)7-10/h5-8,12H,1-4H3. The number of benzene rings is 1. The lowest BCUT2D eigenvalue weighted by atomic mass is 10.2. The third-order valence-electron chi connectivity index (χ3n) is 1.85. The largest absolute Gasteiger partial charge is 0.496 e. The third kappa shape index (κ3) is 2.65. The van der Waals surface area contributed by atoms with Gasteiger partial charge >= 0.3 is 0 Å². The summed E-state index contributed by atoms with van der Waals surface area (Å²) in [5.41, 5.74) is 2.31. The van der Waals surface area contributed by atoms with E-state index in [1.165, 1.54) is 0 Å². The fraction of sp³-hybridized carbons (Fsp3) is 0.455. The van der Waals surface area contributed by atoms with Crippen LogP contribution in [-0.2, 0) is 0 Å². The highest BCUT2D eigenvalue weighted by Gasteiger charge is 2.00. The molecular formula is C11H17NO. The van der Waals surface area contributed by atoms with Crippen LogP contribution >= 0.6 is 0 Å². The predicted octanol–water partition coefficient (Wildman–Crippen LogP) is 2.82. The summed E-state index contributed by atoms with van der Waals surface area (Å²) in [4.78, 5) is 0. The molecule has 0 bridgehead atoms. The fourth-order valence-electron chi connectivity index (χ4n) is 1.30. The van der Waals surface area contributed by atoms with Gasteiger partial charge in [-0.2, -0.15) is 0 Å². The van der Waals surface area contributed by atoms with E-state index in [0.29, 0.717) is 6.04 Å². The minimum Gasteiger partial charge on any atom is -0.496 e. The van der Waals surface area contributed by atoms with Gasteiger partial charge in [-0.05, 0) is 44.5 Å². The van der Waals surface area contributed by atoms with E-state index in [0.717, 1.165) is 17.0 Å². The van der Waals surface area contributed by atoms with Gasteiger partial charge in [-0.15, -0.1) is 0 Å². The molecule has 0 spiro atoms. The molecule has 0 saturated heterocycles. The second kappa shape index (κ2) is 4.17. The van der Waals surface area contributed by atoms with Gasteiger partial charge in [0.2, 0.25) is 0 Å². The van der Waals surface area contributed by atoms with Crippen LogP contribution in [0.25, 0.3) is 0 Å². The molecule has 0 aliphatic heterocycles. The molecule has 2 nitrogen and oxygen atoms in total. The Bertz CT molecular complexity index is 281. The molecule has 0 atom stereocenters. The zero-order valence-electron chi connectivity index (χ0n) is 8.72. The smallest absolute Gasteiger partial charge is 0.121 e. The van der Waals surface area contributed by atoms with Crippen molar-refractivity contribution in [1.82, 2.24) is 0 Å². The molecule has 0 fully saturated rings. The Morgan fingerprint density at radius 2 is 2.00 bits per heavy atom. The minimum atomic E-state index is 0.466. The van der Waals surface area contributed by atoms with Crippen molar-refractivity contribution >= 4 is 5.69 Å². The van der Waals surface area contributed by atoms with Crippen molar-refractivity contribution in [3.8, 4) is 5.75 Å². The second-order valence-electron chi connectivity index (χ2n) is 3.48. The molecule has 0 amide bonds. The number of hydrogen-bond donors (Lipinski definition) is 1. The second-order valence-corrected chi connectivity index (χ2v) is 3.48. The molecule has 0 aliphatic carbocycles. The molecule has 1 N–H and O–H groups in total. The van der Waals surface area contributed by atoms with E-state index in [9.17, 15) is 0 Å². The summed E-state index contributed by atoms with van der Waals surface area (Å²) in [6.45, 7) is 6.30. The van der Waals surface area contributed by atoms with Crippen molar-refractivity contribution in [2.45, 2.75) is 26.8 Å². The number of ether oxygens (including phenoxy) is 1. The van der Waals surface area contributed by atoms with Gasteiger partial charge in [-0.3, -0.25) is 0 Å². The quantitative estimate of drug-likeness (QED) is 0.770. The Hall–Kier alpha value is -1.18. The highest BCUT2D eigenvalue weighted by molar-refractivity contribution is 5.51. The zero-order valence-corrected chi connectivity index (χ0v) is 8.72. The molecule has 0 aromatic heterocycles. The Kier molecular flexibility index (Phi) is 3.18. The van der Waals surface area contributed by atoms with Gasteiger partial charge in [-0.25, -0.2) is 0 Å². The number of rotatable bonds is 3. The van der Waals surface area contributed by atoms with Crippen molar-refractivity contribution in [2.75, 3.05) is 12.4 Å². The van der Waals surface area contributed by atoms with Gasteiger partial charge in [0.1, 0.15) is 5.75 Å². The van der Waals surface area contributed by atoms with Crippen LogP contribution < -0.4 is 10.1 Å². The first-order valence-electron chi connectivity index (χ1n) is 4.54. The topological polar surface area (TPSA) is 21.3 Å². The normalized spacial score (nSPS) is 10.2. The molecule has 1 aromatic carbocycles. The lowest BCUT2D eigenvalue weighted by Crippen LogP contribution is -2.09. The molecule has 72 valence electrons. The van der Waals surface area contributed by atoms with Crippen molar-refractivity contribution in [1.29, 1.82) is 0 Å². The monoisotopic (exact) mass is 179 g/mol. The molecule has 1 rings (SSSR count). The van der Waals surface area contributed by atoms with Crippen molar-refractivity contribution in [3.05, 3.63) is 23.8 Å². The molecular weight excluding hydrogens is 162 g/mol. The summed E-state index contributed by atoms with van der Waals surface area (Å²) < 4.78 is 5.18. The zero-order chi connectivity index (χ0) is 9.84. The number of aryl methyl sites for hydroxylation is 1. The van der Waals surface area contributed by atoms with Crippen molar-refractivity contribution < 1.29 is 4.74 Å². The van der Waals surface area contributed by atoms with Gasteiger partial charge in [0.25, 0.3) is 0 Å². The molecule has 0 saturated carbocycles. The average molecular weight is 179 g/mol. The molecule has 0 heterocycles. The van der Waals surface area contributed by atoms with E-state index < -0.39 is 0 Å². The van der Waals surface area contributed by atoms with Crippen molar-refractivity contribution in [3.63, 3.8) is 0 Å². The third-order valence-corrected chi connectivity index (χ3v) is 1.85. The lowest BCUT2D eigenvalue weighted by molar-refractivity contribution is 0.412. The van der Waals surface area contributed by atoms with Crippen LogP contribution in [0.3, 0.4) is 0 Å². The maximum absolute atomic E-state index is 5.18. The molecule has 1 aromatic rings. The highest BCUT2D eigenvalue weighted by atomic mass is 16.5. The number of anilines is 1. The summed E-state index contributed by atoms with van der Waals surface area (Å²) in [6.07, 6.45) is 0. The summed E-state index contributed by atoms with van der Waals surface area (Å²) in [6, 6.07) is 6.58. The van der Waals surface area contributed by atoms with E-state index in [-0.39, 0.29) is 0 Å². The summed E-state index contributed by atoms with van der Waals surface area (Å²) in [5, 5.41) is 3.34. The van der Waals surface area contributed by atoms with Crippen LogP contribution in [0, 0.1) is 6.92 Å². The predicted molar refractivity (Wildman–Crippen MR) is 56.5 cm³/mol. The fourth-order valence-corrected chi connectivity index (χ4v) is 1.30. The van der Waals surface area contributed by atoms with Gasteiger partial charge < -0.3 is 10.1 Å². The SMILES string of the molecule is COc1ccc(NC(C)C)cc1C. The maximum atomic E-state index is 5.18. The first kappa shape index (κ1) is 9.90. The first-order valence-corrected chi connectivity index (χ1v) is 4.54. The van der Waals surface area contributed by atoms with Crippen LogP contribution in [-0.4, -0.2) is 13.2 Å². The Morgan fingerprint density at radius 3 is 2.46 bits per heavy atom. The van der Waals surface area contributed by atoms with Crippen molar-refractivity contribution in [2.24, 2.45) is 0 Å². The number of nitrogens with one attached hydrogen (secondary N) is 1. The first-order chi connectivity index (χ1) is 6.13. The van der Waals surface area contributed by atoms with Crippen LogP contribution in [0.5, 0.6) is 5.75 Å². The molecule has 13 heavy (non-hydrogen) atoms. The lowest BCUT2D eigenvalue weighted by Gasteiger charge is -2.12. The molecule has 0 aliphatic rings.